The fourth-order valence-corrected chi connectivity index (χ4v) is 2.52. The Kier molecular flexibility index (Phi) is 2.79. The molecule has 0 saturated heterocycles. The first-order valence-electron chi connectivity index (χ1n) is 7.01. The van der Waals surface area contributed by atoms with Gasteiger partial charge >= 0.3 is 0 Å². The zero-order chi connectivity index (χ0) is 15.1. The Hall–Kier alpha value is -2.95. The number of aryl methyl sites for hydroxylation is 2. The lowest BCUT2D eigenvalue weighted by molar-refractivity contribution is 0.468. The molecule has 0 aliphatic rings. The van der Waals surface area contributed by atoms with E-state index >= 15 is 0 Å². The molecule has 0 aliphatic heterocycles. The number of benzene rings is 2. The third-order valence-electron chi connectivity index (χ3n) is 3.65. The van der Waals surface area contributed by atoms with Gasteiger partial charge in [0.25, 0.3) is 5.88 Å². The van der Waals surface area contributed by atoms with Crippen LogP contribution in [0.1, 0.15) is 5.56 Å². The van der Waals surface area contributed by atoms with Gasteiger partial charge in [-0.1, -0.05) is 29.8 Å². The third kappa shape index (κ3) is 2.07. The van der Waals surface area contributed by atoms with Gasteiger partial charge in [0.1, 0.15) is 12.1 Å². The van der Waals surface area contributed by atoms with Crippen LogP contribution < -0.4 is 4.74 Å². The molecule has 108 valence electrons. The van der Waals surface area contributed by atoms with Crippen molar-refractivity contribution in [2.24, 2.45) is 7.05 Å². The molecule has 0 amide bonds. The second-order valence-corrected chi connectivity index (χ2v) is 5.32. The molecular weight excluding hydrogens is 276 g/mol. The van der Waals surface area contributed by atoms with Crippen molar-refractivity contribution < 1.29 is 4.74 Å². The fourth-order valence-electron chi connectivity index (χ4n) is 2.52. The Balaban J connectivity index is 1.77. The van der Waals surface area contributed by atoms with Gasteiger partial charge < -0.3 is 9.30 Å². The monoisotopic (exact) mass is 290 g/mol. The number of rotatable bonds is 2. The van der Waals surface area contributed by atoms with Crippen molar-refractivity contribution in [3.8, 4) is 11.6 Å². The minimum atomic E-state index is 0.470. The van der Waals surface area contributed by atoms with Crippen molar-refractivity contribution in [2.45, 2.75) is 6.92 Å². The Bertz CT molecular complexity index is 990. The number of hydrogen-bond donors (Lipinski definition) is 0. The van der Waals surface area contributed by atoms with Crippen LogP contribution in [-0.2, 0) is 7.05 Å². The second-order valence-electron chi connectivity index (χ2n) is 5.32. The highest BCUT2D eigenvalue weighted by Gasteiger charge is 2.10. The van der Waals surface area contributed by atoms with Crippen LogP contribution in [0.2, 0.25) is 0 Å². The predicted octanol–water partition coefficient (Wildman–Crippen LogP) is 3.62. The highest BCUT2D eigenvalue weighted by molar-refractivity contribution is 5.84. The first kappa shape index (κ1) is 12.8. The van der Waals surface area contributed by atoms with Crippen LogP contribution >= 0.6 is 0 Å². The van der Waals surface area contributed by atoms with E-state index in [1.165, 1.54) is 17.3 Å². The van der Waals surface area contributed by atoms with Crippen LogP contribution in [0.5, 0.6) is 11.6 Å². The van der Waals surface area contributed by atoms with Gasteiger partial charge in [-0.2, -0.15) is 4.98 Å². The Labute approximate surface area is 127 Å². The minimum absolute atomic E-state index is 0.470. The molecular formula is C17H14N4O. The van der Waals surface area contributed by atoms with Gasteiger partial charge in [-0.05, 0) is 29.8 Å². The number of aromatic nitrogens is 4. The van der Waals surface area contributed by atoms with E-state index in [4.69, 9.17) is 4.74 Å². The molecule has 0 atom stereocenters. The molecule has 0 bridgehead atoms. The molecule has 2 aromatic heterocycles. The highest BCUT2D eigenvalue weighted by Crippen LogP contribution is 2.28. The van der Waals surface area contributed by atoms with Gasteiger partial charge in [0.2, 0.25) is 0 Å². The molecule has 4 rings (SSSR count). The average molecular weight is 290 g/mol. The number of hydrogen-bond acceptors (Lipinski definition) is 4. The van der Waals surface area contributed by atoms with E-state index in [0.717, 1.165) is 16.8 Å². The quantitative estimate of drug-likeness (QED) is 0.566. The van der Waals surface area contributed by atoms with E-state index in [1.807, 2.05) is 23.7 Å². The largest absolute Gasteiger partial charge is 0.437 e. The standard InChI is InChI=1S/C17H14N4O/c1-11-3-4-13-8-14(6-5-12(13)7-11)22-17-15-16(18-9-19-17)21(2)10-20-15/h3-10H,1-2H3. The normalized spacial score (nSPS) is 11.2. The predicted molar refractivity (Wildman–Crippen MR) is 85.1 cm³/mol. The number of ether oxygens (including phenoxy) is 1. The van der Waals surface area contributed by atoms with E-state index in [2.05, 4.69) is 46.1 Å². The second kappa shape index (κ2) is 4.80. The zero-order valence-corrected chi connectivity index (χ0v) is 12.3. The molecule has 0 unspecified atom stereocenters. The molecule has 22 heavy (non-hydrogen) atoms. The van der Waals surface area contributed by atoms with Gasteiger partial charge in [-0.25, -0.2) is 9.97 Å². The lowest BCUT2D eigenvalue weighted by Gasteiger charge is -2.07. The van der Waals surface area contributed by atoms with E-state index < -0.39 is 0 Å². The summed E-state index contributed by atoms with van der Waals surface area (Å²) in [5.74, 6) is 1.21. The van der Waals surface area contributed by atoms with Crippen molar-refractivity contribution in [3.05, 3.63) is 54.6 Å². The number of imidazole rings is 1. The SMILES string of the molecule is Cc1ccc2cc(Oc3ncnc4c3ncn4C)ccc2c1. The Morgan fingerprint density at radius 1 is 0.955 bits per heavy atom. The van der Waals surface area contributed by atoms with Crippen LogP contribution in [-0.4, -0.2) is 19.5 Å². The van der Waals surface area contributed by atoms with Crippen molar-refractivity contribution in [2.75, 3.05) is 0 Å². The van der Waals surface area contributed by atoms with Crippen LogP contribution in [0.3, 0.4) is 0 Å². The minimum Gasteiger partial charge on any atom is -0.437 e. The molecule has 0 N–H and O–H groups in total. The van der Waals surface area contributed by atoms with Crippen LogP contribution in [0.4, 0.5) is 0 Å². The van der Waals surface area contributed by atoms with Crippen molar-refractivity contribution in [1.29, 1.82) is 0 Å². The number of nitrogens with zero attached hydrogens (tertiary/aromatic N) is 4. The number of fused-ring (bicyclic) bond motifs is 2. The lowest BCUT2D eigenvalue weighted by Crippen LogP contribution is -1.93. The smallest absolute Gasteiger partial charge is 0.250 e. The molecule has 5 heteroatoms. The van der Waals surface area contributed by atoms with Crippen molar-refractivity contribution >= 4 is 21.9 Å². The topological polar surface area (TPSA) is 52.8 Å². The highest BCUT2D eigenvalue weighted by atomic mass is 16.5. The van der Waals surface area contributed by atoms with Gasteiger partial charge in [-0.15, -0.1) is 0 Å². The molecule has 2 heterocycles. The molecule has 2 aromatic carbocycles. The zero-order valence-electron chi connectivity index (χ0n) is 12.3. The van der Waals surface area contributed by atoms with Gasteiger partial charge in [-0.3, -0.25) is 0 Å². The van der Waals surface area contributed by atoms with Crippen LogP contribution in [0.15, 0.2) is 49.1 Å². The van der Waals surface area contributed by atoms with Crippen LogP contribution in [0.25, 0.3) is 21.9 Å². The molecule has 0 radical (unpaired) electrons. The van der Waals surface area contributed by atoms with Crippen molar-refractivity contribution in [3.63, 3.8) is 0 Å². The van der Waals surface area contributed by atoms with E-state index in [-0.39, 0.29) is 0 Å². The summed E-state index contributed by atoms with van der Waals surface area (Å²) >= 11 is 0. The fraction of sp³-hybridized carbons (Fsp3) is 0.118. The maximum absolute atomic E-state index is 5.92. The van der Waals surface area contributed by atoms with E-state index in [1.54, 1.807) is 6.33 Å². The summed E-state index contributed by atoms with van der Waals surface area (Å²) in [6.45, 7) is 2.09. The maximum Gasteiger partial charge on any atom is 0.250 e. The first-order chi connectivity index (χ1) is 10.7. The summed E-state index contributed by atoms with van der Waals surface area (Å²) in [6, 6.07) is 12.3. The van der Waals surface area contributed by atoms with Gasteiger partial charge in [0, 0.05) is 7.05 Å². The summed E-state index contributed by atoms with van der Waals surface area (Å²) in [5.41, 5.74) is 2.66. The Morgan fingerprint density at radius 2 is 1.77 bits per heavy atom. The molecule has 0 saturated carbocycles. The summed E-state index contributed by atoms with van der Waals surface area (Å²) in [6.07, 6.45) is 3.19. The summed E-state index contributed by atoms with van der Waals surface area (Å²) in [7, 11) is 1.89. The molecule has 5 nitrogen and oxygen atoms in total. The molecule has 0 aliphatic carbocycles. The average Bonchev–Trinajstić information content (AvgIpc) is 2.90. The van der Waals surface area contributed by atoms with E-state index in [0.29, 0.717) is 11.4 Å². The summed E-state index contributed by atoms with van der Waals surface area (Å²) < 4.78 is 7.76. The van der Waals surface area contributed by atoms with Crippen LogP contribution in [0, 0.1) is 6.92 Å². The summed E-state index contributed by atoms with van der Waals surface area (Å²) in [4.78, 5) is 12.7. The molecule has 0 fully saturated rings. The third-order valence-corrected chi connectivity index (χ3v) is 3.65. The van der Waals surface area contributed by atoms with Gasteiger partial charge in [0.05, 0.1) is 6.33 Å². The van der Waals surface area contributed by atoms with Gasteiger partial charge in [0.15, 0.2) is 11.2 Å². The lowest BCUT2D eigenvalue weighted by atomic mass is 10.1. The summed E-state index contributed by atoms with van der Waals surface area (Å²) in [5, 5.41) is 2.33. The van der Waals surface area contributed by atoms with E-state index in [9.17, 15) is 0 Å². The van der Waals surface area contributed by atoms with Crippen molar-refractivity contribution in [1.82, 2.24) is 19.5 Å². The first-order valence-corrected chi connectivity index (χ1v) is 7.01. The molecule has 4 aromatic rings. The Morgan fingerprint density at radius 3 is 2.68 bits per heavy atom. The maximum atomic E-state index is 5.92. The molecule has 0 spiro atoms.